The molecule has 0 N–H and O–H groups in total. The second-order valence-corrected chi connectivity index (χ2v) is 3.23. The monoisotopic (exact) mass is 212 g/mol. The molecule has 0 rings (SSSR count). The Morgan fingerprint density at radius 3 is 2.53 bits per heavy atom. The lowest BCUT2D eigenvalue weighted by Gasteiger charge is -2.03. The van der Waals surface area contributed by atoms with Gasteiger partial charge in [0.2, 0.25) is 0 Å². The summed E-state index contributed by atoms with van der Waals surface area (Å²) < 4.78 is 9.52. The maximum atomic E-state index is 10.9. The normalized spacial score (nSPS) is 8.93. The second-order valence-electron chi connectivity index (χ2n) is 3.23. The SMILES string of the molecule is CC#CCOC(=O)OCCCCCCC. The van der Waals surface area contributed by atoms with Crippen molar-refractivity contribution < 1.29 is 14.3 Å². The van der Waals surface area contributed by atoms with Crippen LogP contribution < -0.4 is 0 Å². The fourth-order valence-electron chi connectivity index (χ4n) is 1.07. The fraction of sp³-hybridized carbons (Fsp3) is 0.750. The van der Waals surface area contributed by atoms with Gasteiger partial charge >= 0.3 is 6.16 Å². The Morgan fingerprint density at radius 1 is 1.13 bits per heavy atom. The van der Waals surface area contributed by atoms with Gasteiger partial charge in [0.15, 0.2) is 6.61 Å². The molecule has 86 valence electrons. The number of unbranched alkanes of at least 4 members (excludes halogenated alkanes) is 4. The van der Waals surface area contributed by atoms with Crippen molar-refractivity contribution in [3.63, 3.8) is 0 Å². The minimum Gasteiger partial charge on any atom is -0.434 e. The maximum absolute atomic E-state index is 10.9. The van der Waals surface area contributed by atoms with Crippen LogP contribution in [-0.4, -0.2) is 19.4 Å². The molecule has 0 aromatic rings. The lowest BCUT2D eigenvalue weighted by atomic mass is 10.2. The van der Waals surface area contributed by atoms with E-state index in [0.29, 0.717) is 6.61 Å². The molecule has 3 nitrogen and oxygen atoms in total. The Kier molecular flexibility index (Phi) is 10.1. The predicted molar refractivity (Wildman–Crippen MR) is 59.5 cm³/mol. The zero-order valence-corrected chi connectivity index (χ0v) is 9.67. The minimum atomic E-state index is -0.617. The van der Waals surface area contributed by atoms with Crippen molar-refractivity contribution in [1.82, 2.24) is 0 Å². The highest BCUT2D eigenvalue weighted by Crippen LogP contribution is 2.02. The predicted octanol–water partition coefficient (Wildman–Crippen LogP) is 3.13. The van der Waals surface area contributed by atoms with Crippen molar-refractivity contribution in [1.29, 1.82) is 0 Å². The van der Waals surface area contributed by atoms with Crippen molar-refractivity contribution >= 4 is 6.16 Å². The van der Waals surface area contributed by atoms with E-state index in [2.05, 4.69) is 23.5 Å². The van der Waals surface area contributed by atoms with Gasteiger partial charge in [-0.25, -0.2) is 4.79 Å². The standard InChI is InChI=1S/C12H20O3/c1-3-5-7-8-9-11-15-12(13)14-10-6-4-2/h3,5,7-11H2,1-2H3. The van der Waals surface area contributed by atoms with E-state index in [1.807, 2.05) is 0 Å². The van der Waals surface area contributed by atoms with Gasteiger partial charge in [0.05, 0.1) is 6.61 Å². The first kappa shape index (κ1) is 13.8. The third-order valence-corrected chi connectivity index (χ3v) is 1.91. The molecule has 0 aliphatic heterocycles. The molecular formula is C12H20O3. The molecule has 0 heterocycles. The summed E-state index contributed by atoms with van der Waals surface area (Å²) in [6.45, 7) is 4.43. The molecule has 0 radical (unpaired) electrons. The molecule has 0 aromatic carbocycles. The van der Waals surface area contributed by atoms with Crippen LogP contribution in [0.5, 0.6) is 0 Å². The average molecular weight is 212 g/mol. The molecule has 0 fully saturated rings. The molecule has 0 saturated heterocycles. The molecule has 0 aliphatic carbocycles. The summed E-state index contributed by atoms with van der Waals surface area (Å²) in [7, 11) is 0. The molecular weight excluding hydrogens is 192 g/mol. The first-order chi connectivity index (χ1) is 7.31. The molecule has 0 aromatic heterocycles. The third kappa shape index (κ3) is 10.8. The van der Waals surface area contributed by atoms with Gasteiger partial charge in [0, 0.05) is 0 Å². The zero-order valence-electron chi connectivity index (χ0n) is 9.67. The van der Waals surface area contributed by atoms with Crippen LogP contribution in [0.3, 0.4) is 0 Å². The topological polar surface area (TPSA) is 35.5 Å². The highest BCUT2D eigenvalue weighted by Gasteiger charge is 2.00. The van der Waals surface area contributed by atoms with Crippen LogP contribution in [0.1, 0.15) is 46.0 Å². The van der Waals surface area contributed by atoms with E-state index in [-0.39, 0.29) is 6.61 Å². The van der Waals surface area contributed by atoms with Crippen molar-refractivity contribution in [3.05, 3.63) is 0 Å². The number of hydrogen-bond donors (Lipinski definition) is 0. The van der Waals surface area contributed by atoms with Crippen LogP contribution in [0.15, 0.2) is 0 Å². The number of ether oxygens (including phenoxy) is 2. The number of rotatable bonds is 7. The Hall–Kier alpha value is -1.17. The summed E-state index contributed by atoms with van der Waals surface area (Å²) in [6.07, 6.45) is 5.07. The minimum absolute atomic E-state index is 0.116. The zero-order chi connectivity index (χ0) is 11.4. The molecule has 0 saturated carbocycles. The van der Waals surface area contributed by atoms with E-state index >= 15 is 0 Å². The van der Waals surface area contributed by atoms with Crippen molar-refractivity contribution in [2.45, 2.75) is 46.0 Å². The fourth-order valence-corrected chi connectivity index (χ4v) is 1.07. The van der Waals surface area contributed by atoms with E-state index in [0.717, 1.165) is 12.8 Å². The smallest absolute Gasteiger partial charge is 0.434 e. The Bertz CT molecular complexity index is 213. The second kappa shape index (κ2) is 10.9. The molecule has 15 heavy (non-hydrogen) atoms. The summed E-state index contributed by atoms with van der Waals surface area (Å²) in [6, 6.07) is 0. The third-order valence-electron chi connectivity index (χ3n) is 1.91. The maximum Gasteiger partial charge on any atom is 0.509 e. The van der Waals surface area contributed by atoms with Gasteiger partial charge < -0.3 is 9.47 Å². The van der Waals surface area contributed by atoms with Crippen LogP contribution in [0.25, 0.3) is 0 Å². The van der Waals surface area contributed by atoms with Crippen molar-refractivity contribution in [3.8, 4) is 11.8 Å². The first-order valence-corrected chi connectivity index (χ1v) is 5.50. The van der Waals surface area contributed by atoms with E-state index in [9.17, 15) is 4.79 Å². The largest absolute Gasteiger partial charge is 0.509 e. The first-order valence-electron chi connectivity index (χ1n) is 5.50. The number of hydrogen-bond acceptors (Lipinski definition) is 3. The summed E-state index contributed by atoms with van der Waals surface area (Å²) in [5.74, 6) is 5.26. The quantitative estimate of drug-likeness (QED) is 0.369. The number of carbonyl (C=O) groups is 1. The average Bonchev–Trinajstić information content (AvgIpc) is 2.23. The van der Waals surface area contributed by atoms with Crippen LogP contribution >= 0.6 is 0 Å². The van der Waals surface area contributed by atoms with Gasteiger partial charge in [0.1, 0.15) is 0 Å². The molecule has 0 amide bonds. The lowest BCUT2D eigenvalue weighted by molar-refractivity contribution is 0.0632. The van der Waals surface area contributed by atoms with Crippen LogP contribution in [0.4, 0.5) is 4.79 Å². The van der Waals surface area contributed by atoms with Gasteiger partial charge in [-0.05, 0) is 13.3 Å². The summed E-state index contributed by atoms with van der Waals surface area (Å²) in [4.78, 5) is 10.9. The molecule has 0 unspecified atom stereocenters. The van der Waals surface area contributed by atoms with Gasteiger partial charge in [-0.15, -0.1) is 5.92 Å². The van der Waals surface area contributed by atoms with Crippen molar-refractivity contribution in [2.24, 2.45) is 0 Å². The van der Waals surface area contributed by atoms with Gasteiger partial charge in [0.25, 0.3) is 0 Å². The van der Waals surface area contributed by atoms with E-state index in [4.69, 9.17) is 4.74 Å². The Morgan fingerprint density at radius 2 is 1.87 bits per heavy atom. The van der Waals surface area contributed by atoms with Crippen LogP contribution in [-0.2, 0) is 9.47 Å². The van der Waals surface area contributed by atoms with E-state index in [1.54, 1.807) is 6.92 Å². The van der Waals surface area contributed by atoms with Gasteiger partial charge in [-0.2, -0.15) is 0 Å². The van der Waals surface area contributed by atoms with Gasteiger partial charge in [-0.1, -0.05) is 38.5 Å². The summed E-state index contributed by atoms with van der Waals surface area (Å²) >= 11 is 0. The Labute approximate surface area is 92.1 Å². The van der Waals surface area contributed by atoms with Crippen LogP contribution in [0, 0.1) is 11.8 Å². The van der Waals surface area contributed by atoms with Crippen molar-refractivity contribution in [2.75, 3.05) is 13.2 Å². The molecule has 0 spiro atoms. The molecule has 0 aliphatic rings. The van der Waals surface area contributed by atoms with Gasteiger partial charge in [-0.3, -0.25) is 0 Å². The summed E-state index contributed by atoms with van der Waals surface area (Å²) in [5, 5.41) is 0. The van der Waals surface area contributed by atoms with E-state index < -0.39 is 6.16 Å². The lowest BCUT2D eigenvalue weighted by Crippen LogP contribution is -2.08. The summed E-state index contributed by atoms with van der Waals surface area (Å²) in [5.41, 5.74) is 0. The highest BCUT2D eigenvalue weighted by atomic mass is 16.7. The molecule has 3 heteroatoms. The van der Waals surface area contributed by atoms with E-state index in [1.165, 1.54) is 19.3 Å². The number of carbonyl (C=O) groups excluding carboxylic acids is 1. The molecule has 0 bridgehead atoms. The molecule has 0 atom stereocenters. The van der Waals surface area contributed by atoms with Crippen LogP contribution in [0.2, 0.25) is 0 Å². The highest BCUT2D eigenvalue weighted by molar-refractivity contribution is 5.60. The Balaban J connectivity index is 3.19.